The van der Waals surface area contributed by atoms with E-state index < -0.39 is 0 Å². The van der Waals surface area contributed by atoms with E-state index in [1.807, 2.05) is 18.2 Å². The van der Waals surface area contributed by atoms with E-state index in [2.05, 4.69) is 15.3 Å². The average molecular weight is 302 g/mol. The number of fused-ring (bicyclic) bond motifs is 1. The van der Waals surface area contributed by atoms with E-state index in [9.17, 15) is 4.79 Å². The normalized spacial score (nSPS) is 14.7. The summed E-state index contributed by atoms with van der Waals surface area (Å²) in [6.45, 7) is 0.415. The molecule has 3 aromatic rings. The van der Waals surface area contributed by atoms with Crippen molar-refractivity contribution in [2.75, 3.05) is 0 Å². The van der Waals surface area contributed by atoms with Crippen LogP contribution in [0.1, 0.15) is 24.4 Å². The highest BCUT2D eigenvalue weighted by Crippen LogP contribution is 2.35. The van der Waals surface area contributed by atoms with Gasteiger partial charge < -0.3 is 0 Å². The molecular formula is C14H12ClN5O. The lowest BCUT2D eigenvalue weighted by atomic mass is 10.2. The van der Waals surface area contributed by atoms with E-state index in [1.54, 1.807) is 17.1 Å². The van der Waals surface area contributed by atoms with Crippen LogP contribution >= 0.6 is 11.6 Å². The quantitative estimate of drug-likeness (QED) is 0.742. The monoisotopic (exact) mass is 301 g/mol. The molecule has 4 rings (SSSR count). The van der Waals surface area contributed by atoms with Crippen molar-refractivity contribution in [3.05, 3.63) is 51.5 Å². The highest BCUT2D eigenvalue weighted by atomic mass is 35.5. The summed E-state index contributed by atoms with van der Waals surface area (Å²) < 4.78 is 3.28. The molecule has 21 heavy (non-hydrogen) atoms. The molecule has 0 aliphatic heterocycles. The fourth-order valence-electron chi connectivity index (χ4n) is 2.37. The molecule has 1 fully saturated rings. The van der Waals surface area contributed by atoms with Gasteiger partial charge in [-0.15, -0.1) is 5.10 Å². The van der Waals surface area contributed by atoms with Crippen LogP contribution in [-0.2, 0) is 6.54 Å². The van der Waals surface area contributed by atoms with E-state index in [-0.39, 0.29) is 5.56 Å². The van der Waals surface area contributed by atoms with Crippen LogP contribution in [0.3, 0.4) is 0 Å². The standard InChI is InChI=1S/C14H12ClN5O/c15-10-3-1-2-9(6-10)7-19-8-16-13-12(14(19)21)17-18-20(13)11-4-5-11/h1-3,6,8,11H,4-5,7H2. The predicted molar refractivity (Wildman–Crippen MR) is 78.4 cm³/mol. The van der Waals surface area contributed by atoms with E-state index in [0.717, 1.165) is 18.4 Å². The minimum atomic E-state index is -0.174. The molecule has 1 aliphatic rings. The Hall–Kier alpha value is -2.21. The first-order chi connectivity index (χ1) is 10.2. The molecule has 1 saturated carbocycles. The van der Waals surface area contributed by atoms with Gasteiger partial charge in [0, 0.05) is 5.02 Å². The van der Waals surface area contributed by atoms with Gasteiger partial charge in [-0.3, -0.25) is 9.36 Å². The average Bonchev–Trinajstić information content (AvgIpc) is 3.22. The first-order valence-corrected chi connectivity index (χ1v) is 7.15. The molecule has 0 atom stereocenters. The lowest BCUT2D eigenvalue weighted by Crippen LogP contribution is -2.21. The molecule has 2 heterocycles. The van der Waals surface area contributed by atoms with Gasteiger partial charge in [-0.2, -0.15) is 0 Å². The third-order valence-corrected chi connectivity index (χ3v) is 3.82. The Kier molecular flexibility index (Phi) is 2.78. The summed E-state index contributed by atoms with van der Waals surface area (Å²) in [4.78, 5) is 16.8. The number of rotatable bonds is 3. The van der Waals surface area contributed by atoms with Crippen LogP contribution in [0.2, 0.25) is 5.02 Å². The predicted octanol–water partition coefficient (Wildman–Crippen LogP) is 2.02. The van der Waals surface area contributed by atoms with Gasteiger partial charge in [0.15, 0.2) is 11.2 Å². The minimum absolute atomic E-state index is 0.174. The van der Waals surface area contributed by atoms with Crippen LogP contribution in [0.15, 0.2) is 35.4 Å². The zero-order chi connectivity index (χ0) is 14.4. The fraction of sp³-hybridized carbons (Fsp3) is 0.286. The van der Waals surface area contributed by atoms with E-state index >= 15 is 0 Å². The molecule has 106 valence electrons. The SMILES string of the molecule is O=c1c2nnn(C3CC3)c2ncn1Cc1cccc(Cl)c1. The maximum absolute atomic E-state index is 12.4. The van der Waals surface area contributed by atoms with Gasteiger partial charge in [-0.05, 0) is 30.5 Å². The summed E-state index contributed by atoms with van der Waals surface area (Å²) in [6, 6.07) is 7.77. The molecule has 0 saturated heterocycles. The van der Waals surface area contributed by atoms with Gasteiger partial charge in [0.25, 0.3) is 5.56 Å². The Morgan fingerprint density at radius 3 is 2.95 bits per heavy atom. The molecule has 0 bridgehead atoms. The highest BCUT2D eigenvalue weighted by Gasteiger charge is 2.28. The van der Waals surface area contributed by atoms with Gasteiger partial charge >= 0.3 is 0 Å². The van der Waals surface area contributed by atoms with Crippen molar-refractivity contribution in [3.8, 4) is 0 Å². The number of hydrogen-bond donors (Lipinski definition) is 0. The van der Waals surface area contributed by atoms with Gasteiger partial charge in [-0.1, -0.05) is 28.9 Å². The number of aromatic nitrogens is 5. The van der Waals surface area contributed by atoms with Crippen molar-refractivity contribution in [2.24, 2.45) is 0 Å². The summed E-state index contributed by atoms with van der Waals surface area (Å²) in [5.41, 5.74) is 1.67. The number of benzene rings is 1. The molecule has 7 heteroatoms. The number of hydrogen-bond acceptors (Lipinski definition) is 4. The van der Waals surface area contributed by atoms with Gasteiger partial charge in [0.05, 0.1) is 12.6 Å². The molecule has 0 N–H and O–H groups in total. The van der Waals surface area contributed by atoms with E-state index in [4.69, 9.17) is 11.6 Å². The van der Waals surface area contributed by atoms with E-state index in [1.165, 1.54) is 4.57 Å². The zero-order valence-corrected chi connectivity index (χ0v) is 11.9. The molecule has 6 nitrogen and oxygen atoms in total. The molecule has 1 aromatic carbocycles. The second-order valence-electron chi connectivity index (χ2n) is 5.24. The van der Waals surface area contributed by atoms with Crippen LogP contribution in [0.25, 0.3) is 11.2 Å². The number of nitrogens with zero attached hydrogens (tertiary/aromatic N) is 5. The Labute approximate surface area is 125 Å². The molecule has 1 aliphatic carbocycles. The van der Waals surface area contributed by atoms with Crippen LogP contribution in [0.5, 0.6) is 0 Å². The highest BCUT2D eigenvalue weighted by molar-refractivity contribution is 6.30. The molecular weight excluding hydrogens is 290 g/mol. The van der Waals surface area contributed by atoms with Crippen molar-refractivity contribution < 1.29 is 0 Å². The summed E-state index contributed by atoms with van der Waals surface area (Å²) in [5.74, 6) is 0. The minimum Gasteiger partial charge on any atom is -0.293 e. The summed E-state index contributed by atoms with van der Waals surface area (Å²) >= 11 is 5.96. The van der Waals surface area contributed by atoms with E-state index in [0.29, 0.717) is 28.8 Å². The number of halogens is 1. The van der Waals surface area contributed by atoms with Crippen LogP contribution < -0.4 is 5.56 Å². The smallest absolute Gasteiger partial charge is 0.283 e. The van der Waals surface area contributed by atoms with Gasteiger partial charge in [0.1, 0.15) is 6.33 Å². The van der Waals surface area contributed by atoms with Crippen molar-refractivity contribution in [1.82, 2.24) is 24.5 Å². The molecule has 2 aromatic heterocycles. The Morgan fingerprint density at radius 2 is 2.19 bits per heavy atom. The van der Waals surface area contributed by atoms with Gasteiger partial charge in [-0.25, -0.2) is 9.67 Å². The summed E-state index contributed by atoms with van der Waals surface area (Å²) in [6.07, 6.45) is 3.70. The largest absolute Gasteiger partial charge is 0.293 e. The Morgan fingerprint density at radius 1 is 1.33 bits per heavy atom. The van der Waals surface area contributed by atoms with Crippen molar-refractivity contribution >= 4 is 22.8 Å². The third kappa shape index (κ3) is 2.21. The lowest BCUT2D eigenvalue weighted by Gasteiger charge is -2.05. The Bertz CT molecular complexity index is 880. The first-order valence-electron chi connectivity index (χ1n) is 6.77. The van der Waals surface area contributed by atoms with Gasteiger partial charge in [0.2, 0.25) is 0 Å². The molecule has 0 amide bonds. The maximum Gasteiger partial charge on any atom is 0.283 e. The van der Waals surface area contributed by atoms with Crippen molar-refractivity contribution in [3.63, 3.8) is 0 Å². The second-order valence-corrected chi connectivity index (χ2v) is 5.68. The molecule has 0 spiro atoms. The summed E-state index contributed by atoms with van der Waals surface area (Å²) in [7, 11) is 0. The fourth-order valence-corrected chi connectivity index (χ4v) is 2.58. The van der Waals surface area contributed by atoms with Crippen molar-refractivity contribution in [1.29, 1.82) is 0 Å². The zero-order valence-electron chi connectivity index (χ0n) is 11.1. The van der Waals surface area contributed by atoms with Crippen LogP contribution in [-0.4, -0.2) is 24.5 Å². The molecule has 0 radical (unpaired) electrons. The lowest BCUT2D eigenvalue weighted by molar-refractivity contribution is 0.624. The Balaban J connectivity index is 1.76. The second kappa shape index (κ2) is 4.66. The molecule has 0 unspecified atom stereocenters. The summed E-state index contributed by atoms with van der Waals surface area (Å²) in [5, 5.41) is 8.69. The van der Waals surface area contributed by atoms with Crippen LogP contribution in [0.4, 0.5) is 0 Å². The topological polar surface area (TPSA) is 65.6 Å². The first kappa shape index (κ1) is 12.5. The van der Waals surface area contributed by atoms with Crippen molar-refractivity contribution in [2.45, 2.75) is 25.4 Å². The van der Waals surface area contributed by atoms with Crippen LogP contribution in [0, 0.1) is 0 Å². The third-order valence-electron chi connectivity index (χ3n) is 3.59. The maximum atomic E-state index is 12.4.